The van der Waals surface area contributed by atoms with Gasteiger partial charge >= 0.3 is 0 Å². The van der Waals surface area contributed by atoms with Crippen LogP contribution in [0.2, 0.25) is 0 Å². The predicted molar refractivity (Wildman–Crippen MR) is 77.9 cm³/mol. The van der Waals surface area contributed by atoms with Gasteiger partial charge in [0, 0.05) is 24.4 Å². The Hall–Kier alpha value is -0.450. The van der Waals surface area contributed by atoms with Crippen molar-refractivity contribution in [2.24, 2.45) is 11.7 Å². The molecule has 1 aromatic rings. The molecule has 2 rings (SSSR count). The second-order valence-corrected chi connectivity index (χ2v) is 6.48. The Morgan fingerprint density at radius 1 is 1.39 bits per heavy atom. The summed E-state index contributed by atoms with van der Waals surface area (Å²) in [5, 5.41) is 1.27. The van der Waals surface area contributed by atoms with Crippen LogP contribution in [0, 0.1) is 5.92 Å². The summed E-state index contributed by atoms with van der Waals surface area (Å²) in [4.78, 5) is 8.57. The number of thiazole rings is 1. The number of piperidine rings is 1. The molecule has 1 saturated heterocycles. The van der Waals surface area contributed by atoms with Gasteiger partial charge in [-0.05, 0) is 38.3 Å². The molecule has 0 unspecified atom stereocenters. The van der Waals surface area contributed by atoms with E-state index < -0.39 is 0 Å². The lowest BCUT2D eigenvalue weighted by Crippen LogP contribution is -2.34. The molecule has 0 radical (unpaired) electrons. The molecule has 0 bridgehead atoms. The highest BCUT2D eigenvalue weighted by molar-refractivity contribution is 7.11. The van der Waals surface area contributed by atoms with E-state index in [-0.39, 0.29) is 0 Å². The summed E-state index contributed by atoms with van der Waals surface area (Å²) < 4.78 is 0. The third-order valence-electron chi connectivity index (χ3n) is 3.86. The number of nitrogens with zero attached hydrogens (tertiary/aromatic N) is 2. The van der Waals surface area contributed by atoms with Crippen molar-refractivity contribution in [1.82, 2.24) is 9.88 Å². The first kappa shape index (κ1) is 14.0. The van der Waals surface area contributed by atoms with E-state index in [1.165, 1.54) is 41.5 Å². The van der Waals surface area contributed by atoms with Crippen LogP contribution in [0.15, 0.2) is 0 Å². The highest BCUT2D eigenvalue weighted by Crippen LogP contribution is 2.21. The third kappa shape index (κ3) is 3.53. The zero-order valence-corrected chi connectivity index (χ0v) is 12.4. The highest BCUT2D eigenvalue weighted by Gasteiger charge is 2.16. The van der Waals surface area contributed by atoms with Gasteiger partial charge in [-0.3, -0.25) is 0 Å². The van der Waals surface area contributed by atoms with Crippen LogP contribution < -0.4 is 5.73 Å². The lowest BCUT2D eigenvalue weighted by atomic mass is 9.99. The fourth-order valence-corrected chi connectivity index (χ4v) is 3.54. The van der Waals surface area contributed by atoms with Crippen LogP contribution in [0.1, 0.15) is 42.3 Å². The minimum atomic E-state index is 0.641. The van der Waals surface area contributed by atoms with E-state index in [0.29, 0.717) is 6.54 Å². The minimum Gasteiger partial charge on any atom is -0.326 e. The van der Waals surface area contributed by atoms with Crippen molar-refractivity contribution in [3.63, 3.8) is 0 Å². The summed E-state index contributed by atoms with van der Waals surface area (Å²) in [5.41, 5.74) is 6.97. The Morgan fingerprint density at radius 3 is 2.67 bits per heavy atom. The van der Waals surface area contributed by atoms with Gasteiger partial charge in [0.1, 0.15) is 0 Å². The number of hydrogen-bond acceptors (Lipinski definition) is 4. The number of hydrogen-bond donors (Lipinski definition) is 1. The quantitative estimate of drug-likeness (QED) is 0.891. The Morgan fingerprint density at radius 2 is 2.11 bits per heavy atom. The molecular formula is C14H25N3S. The van der Waals surface area contributed by atoms with Crippen LogP contribution in [-0.2, 0) is 19.4 Å². The normalized spacial score (nSPS) is 18.4. The molecule has 0 spiro atoms. The molecule has 18 heavy (non-hydrogen) atoms. The summed E-state index contributed by atoms with van der Waals surface area (Å²) in [7, 11) is 0. The molecule has 1 fully saturated rings. The Labute approximate surface area is 114 Å². The maximum absolute atomic E-state index is 5.75. The molecule has 0 saturated carbocycles. The smallest absolute Gasteiger partial charge is 0.0944 e. The van der Waals surface area contributed by atoms with Gasteiger partial charge in [0.25, 0.3) is 0 Å². The standard InChI is InChI=1S/C14H25N3S/c1-3-12-13(10-15)18-14(16-12)6-9-17-7-4-11(2)5-8-17/h11H,3-10,15H2,1-2H3. The van der Waals surface area contributed by atoms with Crippen LogP contribution in [0.5, 0.6) is 0 Å². The molecule has 0 amide bonds. The number of aromatic nitrogens is 1. The van der Waals surface area contributed by atoms with Gasteiger partial charge in [0.05, 0.1) is 10.7 Å². The van der Waals surface area contributed by atoms with Crippen molar-refractivity contribution >= 4 is 11.3 Å². The van der Waals surface area contributed by atoms with Crippen molar-refractivity contribution in [2.45, 2.75) is 46.1 Å². The fraction of sp³-hybridized carbons (Fsp3) is 0.786. The number of nitrogens with two attached hydrogens (primary N) is 1. The van der Waals surface area contributed by atoms with Crippen molar-refractivity contribution in [3.05, 3.63) is 15.6 Å². The van der Waals surface area contributed by atoms with Crippen LogP contribution in [0.4, 0.5) is 0 Å². The third-order valence-corrected chi connectivity index (χ3v) is 5.04. The molecule has 0 aromatic carbocycles. The lowest BCUT2D eigenvalue weighted by Gasteiger charge is -2.29. The van der Waals surface area contributed by atoms with Gasteiger partial charge in [0.2, 0.25) is 0 Å². The summed E-state index contributed by atoms with van der Waals surface area (Å²) in [6.07, 6.45) is 4.80. The topological polar surface area (TPSA) is 42.2 Å². The SMILES string of the molecule is CCc1nc(CCN2CCC(C)CC2)sc1CN. The average molecular weight is 267 g/mol. The Bertz CT molecular complexity index is 346. The zero-order chi connectivity index (χ0) is 13.0. The molecule has 1 aromatic heterocycles. The van der Waals surface area contributed by atoms with E-state index in [9.17, 15) is 0 Å². The molecule has 0 aliphatic carbocycles. The fourth-order valence-electron chi connectivity index (χ4n) is 2.52. The van der Waals surface area contributed by atoms with Gasteiger partial charge in [-0.15, -0.1) is 11.3 Å². The molecule has 3 nitrogen and oxygen atoms in total. The van der Waals surface area contributed by atoms with E-state index in [1.54, 1.807) is 0 Å². The zero-order valence-electron chi connectivity index (χ0n) is 11.6. The maximum Gasteiger partial charge on any atom is 0.0944 e. The van der Waals surface area contributed by atoms with Crippen LogP contribution >= 0.6 is 11.3 Å². The number of likely N-dealkylation sites (tertiary alicyclic amines) is 1. The van der Waals surface area contributed by atoms with Crippen molar-refractivity contribution < 1.29 is 0 Å². The van der Waals surface area contributed by atoms with Gasteiger partial charge in [-0.1, -0.05) is 13.8 Å². The molecule has 1 aliphatic rings. The number of aryl methyl sites for hydroxylation is 1. The molecule has 1 aliphatic heterocycles. The van der Waals surface area contributed by atoms with Gasteiger partial charge < -0.3 is 10.6 Å². The van der Waals surface area contributed by atoms with E-state index >= 15 is 0 Å². The largest absolute Gasteiger partial charge is 0.326 e. The molecular weight excluding hydrogens is 242 g/mol. The van der Waals surface area contributed by atoms with Gasteiger partial charge in [-0.25, -0.2) is 4.98 Å². The summed E-state index contributed by atoms with van der Waals surface area (Å²) in [6, 6.07) is 0. The molecule has 2 heterocycles. The van der Waals surface area contributed by atoms with Gasteiger partial charge in [0.15, 0.2) is 0 Å². The van der Waals surface area contributed by atoms with Crippen molar-refractivity contribution in [3.8, 4) is 0 Å². The summed E-state index contributed by atoms with van der Waals surface area (Å²) >= 11 is 1.81. The maximum atomic E-state index is 5.75. The van der Waals surface area contributed by atoms with Crippen molar-refractivity contribution in [2.75, 3.05) is 19.6 Å². The summed E-state index contributed by atoms with van der Waals surface area (Å²) in [6.45, 7) is 8.84. The van der Waals surface area contributed by atoms with Crippen LogP contribution in [0.3, 0.4) is 0 Å². The molecule has 102 valence electrons. The van der Waals surface area contributed by atoms with Crippen LogP contribution in [-0.4, -0.2) is 29.5 Å². The minimum absolute atomic E-state index is 0.641. The average Bonchev–Trinajstić information content (AvgIpc) is 2.80. The van der Waals surface area contributed by atoms with E-state index in [4.69, 9.17) is 10.7 Å². The Balaban J connectivity index is 1.84. The van der Waals surface area contributed by atoms with Crippen LogP contribution in [0.25, 0.3) is 0 Å². The lowest BCUT2D eigenvalue weighted by molar-refractivity contribution is 0.194. The molecule has 0 atom stereocenters. The predicted octanol–water partition coefficient (Wildman–Crippen LogP) is 2.44. The first-order valence-electron chi connectivity index (χ1n) is 7.12. The first-order chi connectivity index (χ1) is 8.72. The van der Waals surface area contributed by atoms with E-state index in [2.05, 4.69) is 18.7 Å². The first-order valence-corrected chi connectivity index (χ1v) is 7.94. The second kappa shape index (κ2) is 6.64. The highest BCUT2D eigenvalue weighted by atomic mass is 32.1. The molecule has 2 N–H and O–H groups in total. The number of rotatable bonds is 5. The van der Waals surface area contributed by atoms with E-state index in [0.717, 1.165) is 25.3 Å². The second-order valence-electron chi connectivity index (χ2n) is 5.31. The molecule has 4 heteroatoms. The van der Waals surface area contributed by atoms with Crippen molar-refractivity contribution in [1.29, 1.82) is 0 Å². The Kier molecular flexibility index (Phi) is 5.15. The van der Waals surface area contributed by atoms with Gasteiger partial charge in [-0.2, -0.15) is 0 Å². The monoisotopic (exact) mass is 267 g/mol. The summed E-state index contributed by atoms with van der Waals surface area (Å²) in [5.74, 6) is 0.914. The van der Waals surface area contributed by atoms with E-state index in [1.807, 2.05) is 11.3 Å².